The Labute approximate surface area is 122 Å². The van der Waals surface area contributed by atoms with Gasteiger partial charge in [-0.25, -0.2) is 4.98 Å². The van der Waals surface area contributed by atoms with Gasteiger partial charge in [0.15, 0.2) is 0 Å². The summed E-state index contributed by atoms with van der Waals surface area (Å²) in [6.07, 6.45) is 3.89. The molecule has 0 amide bonds. The Hall–Kier alpha value is -1.61. The monoisotopic (exact) mass is 271 g/mol. The fraction of sp³-hybridized carbons (Fsp3) is 0.471. The van der Waals surface area contributed by atoms with Crippen LogP contribution in [0.25, 0.3) is 0 Å². The average molecular weight is 271 g/mol. The van der Waals surface area contributed by atoms with E-state index in [1.54, 1.807) is 0 Å². The van der Waals surface area contributed by atoms with E-state index in [0.29, 0.717) is 12.0 Å². The summed E-state index contributed by atoms with van der Waals surface area (Å²) in [4.78, 5) is 4.32. The number of aryl methyl sites for hydroxylation is 1. The fourth-order valence-corrected chi connectivity index (χ4v) is 2.51. The summed E-state index contributed by atoms with van der Waals surface area (Å²) in [6.45, 7) is 10.7. The predicted molar refractivity (Wildman–Crippen MR) is 83.8 cm³/mol. The van der Waals surface area contributed by atoms with Gasteiger partial charge in [-0.15, -0.1) is 0 Å². The van der Waals surface area contributed by atoms with Crippen molar-refractivity contribution in [3.05, 3.63) is 53.6 Å². The minimum atomic E-state index is 0.314. The van der Waals surface area contributed by atoms with Crippen molar-refractivity contribution in [2.24, 2.45) is 5.92 Å². The van der Waals surface area contributed by atoms with Crippen molar-refractivity contribution in [3.8, 4) is 0 Å². The van der Waals surface area contributed by atoms with Gasteiger partial charge in [0.05, 0.1) is 18.1 Å². The molecule has 1 aromatic carbocycles. The molecule has 0 radical (unpaired) electrons. The molecule has 0 bridgehead atoms. The summed E-state index contributed by atoms with van der Waals surface area (Å²) in [5, 5.41) is 3.49. The molecule has 20 heavy (non-hydrogen) atoms. The molecule has 3 nitrogen and oxygen atoms in total. The van der Waals surface area contributed by atoms with Crippen molar-refractivity contribution in [3.63, 3.8) is 0 Å². The maximum atomic E-state index is 4.32. The molecule has 0 saturated heterocycles. The molecule has 0 aliphatic carbocycles. The first-order valence-corrected chi connectivity index (χ1v) is 7.36. The Bertz CT molecular complexity index is 543. The van der Waals surface area contributed by atoms with Crippen LogP contribution in [0, 0.1) is 12.8 Å². The largest absolute Gasteiger partial charge is 0.326 e. The number of aromatic nitrogens is 2. The maximum Gasteiger partial charge on any atom is 0.0954 e. The molecule has 0 fully saturated rings. The normalized spacial score (nSPS) is 12.8. The van der Waals surface area contributed by atoms with Crippen molar-refractivity contribution < 1.29 is 0 Å². The van der Waals surface area contributed by atoms with Gasteiger partial charge >= 0.3 is 0 Å². The summed E-state index contributed by atoms with van der Waals surface area (Å²) in [5.74, 6) is 0.667. The number of hydrogen-bond acceptors (Lipinski definition) is 2. The number of benzene rings is 1. The molecule has 1 aromatic heterocycles. The lowest BCUT2D eigenvalue weighted by Crippen LogP contribution is -2.21. The van der Waals surface area contributed by atoms with Crippen molar-refractivity contribution in [1.29, 1.82) is 0 Å². The zero-order chi connectivity index (χ0) is 14.5. The zero-order valence-electron chi connectivity index (χ0n) is 12.9. The number of hydrogen-bond donors (Lipinski definition) is 1. The Kier molecular flexibility index (Phi) is 4.96. The molecule has 0 saturated carbocycles. The van der Waals surface area contributed by atoms with E-state index in [0.717, 1.165) is 13.1 Å². The molecule has 0 spiro atoms. The summed E-state index contributed by atoms with van der Waals surface area (Å²) in [6, 6.07) is 8.87. The van der Waals surface area contributed by atoms with Crippen LogP contribution in [0.5, 0.6) is 0 Å². The maximum absolute atomic E-state index is 4.32. The van der Waals surface area contributed by atoms with Gasteiger partial charge in [-0.1, -0.05) is 38.1 Å². The van der Waals surface area contributed by atoms with Gasteiger partial charge in [-0.05, 0) is 37.4 Å². The number of nitrogens with zero attached hydrogens (tertiary/aromatic N) is 2. The molecule has 1 N–H and O–H groups in total. The van der Waals surface area contributed by atoms with E-state index in [2.05, 4.69) is 66.8 Å². The third-order valence-corrected chi connectivity index (χ3v) is 3.66. The highest BCUT2D eigenvalue weighted by Gasteiger charge is 2.13. The van der Waals surface area contributed by atoms with E-state index in [1.165, 1.54) is 16.8 Å². The zero-order valence-corrected chi connectivity index (χ0v) is 12.9. The Morgan fingerprint density at radius 2 is 1.95 bits per heavy atom. The van der Waals surface area contributed by atoms with E-state index in [-0.39, 0.29) is 0 Å². The summed E-state index contributed by atoms with van der Waals surface area (Å²) >= 11 is 0. The lowest BCUT2D eigenvalue weighted by molar-refractivity contribution is 0.524. The predicted octanol–water partition coefficient (Wildman–Crippen LogP) is 3.55. The van der Waals surface area contributed by atoms with E-state index in [4.69, 9.17) is 0 Å². The summed E-state index contributed by atoms with van der Waals surface area (Å²) in [5.41, 5.74) is 3.92. The van der Waals surface area contributed by atoms with E-state index < -0.39 is 0 Å². The number of rotatable bonds is 6. The second kappa shape index (κ2) is 6.71. The summed E-state index contributed by atoms with van der Waals surface area (Å²) in [7, 11) is 0. The molecule has 0 aliphatic rings. The van der Waals surface area contributed by atoms with Gasteiger partial charge in [-0.3, -0.25) is 0 Å². The SMILES string of the molecule is Cc1ccccc1C(C)n1cncc1CNCC(C)C. The first-order chi connectivity index (χ1) is 9.59. The third kappa shape index (κ3) is 3.48. The summed E-state index contributed by atoms with van der Waals surface area (Å²) < 4.78 is 2.26. The molecule has 108 valence electrons. The molecule has 3 heteroatoms. The number of nitrogens with one attached hydrogen (secondary N) is 1. The minimum absolute atomic E-state index is 0.314. The molecule has 1 atom stereocenters. The van der Waals surface area contributed by atoms with Crippen LogP contribution in [0.2, 0.25) is 0 Å². The molecule has 0 aliphatic heterocycles. The van der Waals surface area contributed by atoms with Crippen LogP contribution in [0.4, 0.5) is 0 Å². The number of imidazole rings is 1. The lowest BCUT2D eigenvalue weighted by Gasteiger charge is -2.19. The highest BCUT2D eigenvalue weighted by molar-refractivity contribution is 5.29. The van der Waals surface area contributed by atoms with Crippen LogP contribution in [-0.4, -0.2) is 16.1 Å². The second-order valence-corrected chi connectivity index (χ2v) is 5.85. The van der Waals surface area contributed by atoms with Crippen LogP contribution < -0.4 is 5.32 Å². The third-order valence-electron chi connectivity index (χ3n) is 3.66. The minimum Gasteiger partial charge on any atom is -0.326 e. The molecule has 1 unspecified atom stereocenters. The first kappa shape index (κ1) is 14.8. The van der Waals surface area contributed by atoms with Crippen LogP contribution in [0.3, 0.4) is 0 Å². The van der Waals surface area contributed by atoms with Gasteiger partial charge in [0.25, 0.3) is 0 Å². The van der Waals surface area contributed by atoms with Crippen LogP contribution in [-0.2, 0) is 6.54 Å². The van der Waals surface area contributed by atoms with Crippen molar-refractivity contribution in [1.82, 2.24) is 14.9 Å². The molecule has 2 rings (SSSR count). The first-order valence-electron chi connectivity index (χ1n) is 7.36. The van der Waals surface area contributed by atoms with E-state index in [1.807, 2.05) is 12.5 Å². The van der Waals surface area contributed by atoms with Gasteiger partial charge in [-0.2, -0.15) is 0 Å². The topological polar surface area (TPSA) is 29.9 Å². The van der Waals surface area contributed by atoms with Gasteiger partial charge in [0.1, 0.15) is 0 Å². The van der Waals surface area contributed by atoms with Crippen molar-refractivity contribution in [2.75, 3.05) is 6.54 Å². The molecule has 1 heterocycles. The standard InChI is InChI=1S/C17H25N3/c1-13(2)9-18-10-16-11-19-12-20(16)15(4)17-8-6-5-7-14(17)3/h5-8,11-13,15,18H,9-10H2,1-4H3. The van der Waals surface area contributed by atoms with Gasteiger partial charge in [0.2, 0.25) is 0 Å². The van der Waals surface area contributed by atoms with E-state index >= 15 is 0 Å². The lowest BCUT2D eigenvalue weighted by atomic mass is 10.0. The Morgan fingerprint density at radius 1 is 1.20 bits per heavy atom. The fourth-order valence-electron chi connectivity index (χ4n) is 2.51. The van der Waals surface area contributed by atoms with Crippen molar-refractivity contribution in [2.45, 2.75) is 40.3 Å². The second-order valence-electron chi connectivity index (χ2n) is 5.85. The van der Waals surface area contributed by atoms with Crippen molar-refractivity contribution >= 4 is 0 Å². The molecular weight excluding hydrogens is 246 g/mol. The smallest absolute Gasteiger partial charge is 0.0954 e. The van der Waals surface area contributed by atoms with E-state index in [9.17, 15) is 0 Å². The quantitative estimate of drug-likeness (QED) is 0.871. The van der Waals surface area contributed by atoms with Gasteiger partial charge < -0.3 is 9.88 Å². The highest BCUT2D eigenvalue weighted by Crippen LogP contribution is 2.22. The van der Waals surface area contributed by atoms with Crippen LogP contribution in [0.15, 0.2) is 36.8 Å². The Morgan fingerprint density at radius 3 is 2.65 bits per heavy atom. The Balaban J connectivity index is 2.13. The average Bonchev–Trinajstić information content (AvgIpc) is 2.86. The van der Waals surface area contributed by atoms with Crippen LogP contribution >= 0.6 is 0 Å². The van der Waals surface area contributed by atoms with Crippen LogP contribution in [0.1, 0.15) is 43.6 Å². The van der Waals surface area contributed by atoms with Gasteiger partial charge in [0, 0.05) is 12.7 Å². The highest BCUT2D eigenvalue weighted by atomic mass is 15.1. The molecular formula is C17H25N3. The molecule has 2 aromatic rings.